The first-order valence-electron chi connectivity index (χ1n) is 8.22. The Labute approximate surface area is 150 Å². The first-order valence-corrected chi connectivity index (χ1v) is 9.02. The van der Waals surface area contributed by atoms with Gasteiger partial charge in [-0.1, -0.05) is 27.2 Å². The van der Waals surface area contributed by atoms with Crippen molar-refractivity contribution in [3.8, 4) is 0 Å². The van der Waals surface area contributed by atoms with Crippen molar-refractivity contribution in [2.75, 3.05) is 13.6 Å². The second-order valence-electron chi connectivity index (χ2n) is 6.69. The van der Waals surface area contributed by atoms with Crippen molar-refractivity contribution >= 4 is 27.9 Å². The largest absolute Gasteiger partial charge is 0.465 e. The maximum absolute atomic E-state index is 13.2. The van der Waals surface area contributed by atoms with Crippen LogP contribution >= 0.6 is 15.9 Å². The smallest absolute Gasteiger partial charge is 0.407 e. The lowest BCUT2D eigenvalue weighted by Crippen LogP contribution is -2.52. The van der Waals surface area contributed by atoms with Crippen LogP contribution in [0.3, 0.4) is 0 Å². The number of amides is 2. The average molecular weight is 401 g/mol. The Morgan fingerprint density at radius 3 is 2.75 bits per heavy atom. The van der Waals surface area contributed by atoms with E-state index in [-0.39, 0.29) is 17.9 Å². The van der Waals surface area contributed by atoms with Crippen molar-refractivity contribution in [1.29, 1.82) is 0 Å². The zero-order chi connectivity index (χ0) is 18.0. The van der Waals surface area contributed by atoms with Gasteiger partial charge < -0.3 is 15.0 Å². The van der Waals surface area contributed by atoms with E-state index in [2.05, 4.69) is 32.8 Å². The predicted octanol–water partition coefficient (Wildman–Crippen LogP) is 3.11. The van der Waals surface area contributed by atoms with E-state index < -0.39 is 12.1 Å². The van der Waals surface area contributed by atoms with Gasteiger partial charge in [0.25, 0.3) is 0 Å². The maximum Gasteiger partial charge on any atom is 0.407 e. The molecule has 7 nitrogen and oxygen atoms in total. The van der Waals surface area contributed by atoms with Crippen LogP contribution in [0.1, 0.15) is 45.5 Å². The Bertz CT molecular complexity index is 606. The van der Waals surface area contributed by atoms with Gasteiger partial charge in [-0.25, -0.2) is 9.78 Å². The minimum atomic E-state index is -1.09. The van der Waals surface area contributed by atoms with Crippen molar-refractivity contribution in [2.24, 2.45) is 11.8 Å². The van der Waals surface area contributed by atoms with Gasteiger partial charge in [-0.2, -0.15) is 0 Å². The molecule has 0 radical (unpaired) electrons. The normalized spacial score (nSPS) is 23.1. The van der Waals surface area contributed by atoms with Gasteiger partial charge in [0.05, 0.1) is 12.2 Å². The molecule has 2 rings (SSSR count). The molecular weight excluding hydrogens is 376 g/mol. The molecule has 4 atom stereocenters. The highest BCUT2D eigenvalue weighted by Gasteiger charge is 2.42. The number of aromatic amines is 1. The summed E-state index contributed by atoms with van der Waals surface area (Å²) in [6, 6.07) is -0.828. The second-order valence-corrected chi connectivity index (χ2v) is 7.54. The number of nitrogens with zero attached hydrogens (tertiary/aromatic N) is 3. The van der Waals surface area contributed by atoms with Crippen LogP contribution in [-0.4, -0.2) is 56.5 Å². The number of hydrogen-bond acceptors (Lipinski definition) is 3. The Kier molecular flexibility index (Phi) is 5.90. The summed E-state index contributed by atoms with van der Waals surface area (Å²) in [5.74, 6) is 0.880. The molecular formula is C16H25BrN4O3. The topological polar surface area (TPSA) is 89.5 Å². The van der Waals surface area contributed by atoms with Gasteiger partial charge in [-0.15, -0.1) is 0 Å². The summed E-state index contributed by atoms with van der Waals surface area (Å²) in [5, 5.41) is 9.36. The minimum absolute atomic E-state index is 0.0570. The van der Waals surface area contributed by atoms with E-state index in [1.165, 1.54) is 7.05 Å². The number of hydrogen-bond donors (Lipinski definition) is 2. The van der Waals surface area contributed by atoms with Crippen LogP contribution in [0.5, 0.6) is 0 Å². The third-order valence-electron chi connectivity index (χ3n) is 4.83. The maximum atomic E-state index is 13.2. The van der Waals surface area contributed by atoms with Crippen molar-refractivity contribution < 1.29 is 14.7 Å². The van der Waals surface area contributed by atoms with E-state index in [4.69, 9.17) is 0 Å². The zero-order valence-electron chi connectivity index (χ0n) is 14.5. The molecule has 134 valence electrons. The van der Waals surface area contributed by atoms with Crippen molar-refractivity contribution in [3.05, 3.63) is 16.6 Å². The number of nitrogens with one attached hydrogen (secondary N) is 1. The van der Waals surface area contributed by atoms with E-state index in [1.807, 2.05) is 13.8 Å². The lowest BCUT2D eigenvalue weighted by Gasteiger charge is -2.34. The fourth-order valence-corrected chi connectivity index (χ4v) is 3.64. The Morgan fingerprint density at radius 1 is 1.58 bits per heavy atom. The van der Waals surface area contributed by atoms with Gasteiger partial charge in [0.2, 0.25) is 5.91 Å². The molecule has 0 bridgehead atoms. The third kappa shape index (κ3) is 3.74. The highest BCUT2D eigenvalue weighted by molar-refractivity contribution is 9.10. The van der Waals surface area contributed by atoms with Crippen LogP contribution in [0, 0.1) is 11.8 Å². The van der Waals surface area contributed by atoms with Gasteiger partial charge in [-0.3, -0.25) is 9.69 Å². The first kappa shape index (κ1) is 18.8. The van der Waals surface area contributed by atoms with Crippen molar-refractivity contribution in [1.82, 2.24) is 19.8 Å². The van der Waals surface area contributed by atoms with Crippen LogP contribution in [0.25, 0.3) is 0 Å². The highest BCUT2D eigenvalue weighted by atomic mass is 79.9. The molecule has 8 heteroatoms. The number of halogens is 1. The molecule has 0 unspecified atom stereocenters. The molecule has 1 aromatic rings. The fraction of sp³-hybridized carbons (Fsp3) is 0.688. The van der Waals surface area contributed by atoms with Crippen LogP contribution < -0.4 is 0 Å². The van der Waals surface area contributed by atoms with E-state index in [0.717, 1.165) is 28.2 Å². The molecule has 1 aromatic heterocycles. The Morgan fingerprint density at radius 2 is 2.25 bits per heavy atom. The third-order valence-corrected chi connectivity index (χ3v) is 5.23. The SMILES string of the molecule is CC[C@H](C)[C@@H](C(=O)N1C[C@@H](C)C[C@H]1c1ncc(Br)[nH]1)N(C)C(=O)O. The molecule has 1 aliphatic heterocycles. The number of rotatable bonds is 5. The first-order chi connectivity index (χ1) is 11.3. The number of carboxylic acid groups (broad SMARTS) is 1. The molecule has 1 saturated heterocycles. The molecule has 1 fully saturated rings. The molecule has 0 aromatic carbocycles. The fourth-order valence-electron chi connectivity index (χ4n) is 3.33. The number of imidazole rings is 1. The molecule has 2 amide bonds. The predicted molar refractivity (Wildman–Crippen MR) is 93.6 cm³/mol. The molecule has 1 aliphatic rings. The summed E-state index contributed by atoms with van der Waals surface area (Å²) in [7, 11) is 1.47. The standard InChI is InChI=1S/C16H25BrN4O3/c1-5-10(3)13(20(4)16(23)24)15(22)21-8-9(2)6-11(21)14-18-7-12(17)19-14/h7,9-11,13H,5-6,8H2,1-4H3,(H,18,19)(H,23,24)/t9-,10-,11-,13-/m0/s1. The van der Waals surface area contributed by atoms with Crippen LogP contribution in [-0.2, 0) is 4.79 Å². The summed E-state index contributed by atoms with van der Waals surface area (Å²) in [5.41, 5.74) is 0. The summed E-state index contributed by atoms with van der Waals surface area (Å²) < 4.78 is 0.769. The summed E-state index contributed by atoms with van der Waals surface area (Å²) in [4.78, 5) is 35.0. The van der Waals surface area contributed by atoms with Crippen LogP contribution in [0.4, 0.5) is 4.79 Å². The number of carbonyl (C=O) groups excluding carboxylic acids is 1. The molecule has 0 saturated carbocycles. The van der Waals surface area contributed by atoms with Crippen LogP contribution in [0.2, 0.25) is 0 Å². The van der Waals surface area contributed by atoms with Gasteiger partial charge in [0, 0.05) is 13.6 Å². The van der Waals surface area contributed by atoms with E-state index in [9.17, 15) is 14.7 Å². The molecule has 2 heterocycles. The lowest BCUT2D eigenvalue weighted by molar-refractivity contribution is -0.139. The Balaban J connectivity index is 2.30. The summed E-state index contributed by atoms with van der Waals surface area (Å²) >= 11 is 3.35. The highest BCUT2D eigenvalue weighted by Crippen LogP contribution is 2.35. The zero-order valence-corrected chi connectivity index (χ0v) is 16.1. The second kappa shape index (κ2) is 7.55. The van der Waals surface area contributed by atoms with E-state index >= 15 is 0 Å². The quantitative estimate of drug-likeness (QED) is 0.794. The summed E-state index contributed by atoms with van der Waals surface area (Å²) in [6.07, 6.45) is 2.14. The van der Waals surface area contributed by atoms with Gasteiger partial charge in [0.1, 0.15) is 16.5 Å². The van der Waals surface area contributed by atoms with Crippen LogP contribution in [0.15, 0.2) is 10.8 Å². The van der Waals surface area contributed by atoms with Gasteiger partial charge in [-0.05, 0) is 34.2 Å². The average Bonchev–Trinajstić information content (AvgIpc) is 3.12. The van der Waals surface area contributed by atoms with Gasteiger partial charge in [0.15, 0.2) is 0 Å². The number of carbonyl (C=O) groups is 2. The molecule has 2 N–H and O–H groups in total. The number of likely N-dealkylation sites (N-methyl/N-ethyl adjacent to an activating group) is 1. The molecule has 24 heavy (non-hydrogen) atoms. The van der Waals surface area contributed by atoms with Crippen molar-refractivity contribution in [3.63, 3.8) is 0 Å². The molecule has 0 spiro atoms. The monoisotopic (exact) mass is 400 g/mol. The Hall–Kier alpha value is -1.57. The minimum Gasteiger partial charge on any atom is -0.465 e. The number of likely N-dealkylation sites (tertiary alicyclic amines) is 1. The van der Waals surface area contributed by atoms with E-state index in [0.29, 0.717) is 12.5 Å². The van der Waals surface area contributed by atoms with Gasteiger partial charge >= 0.3 is 6.09 Å². The summed E-state index contributed by atoms with van der Waals surface area (Å²) in [6.45, 7) is 6.59. The molecule has 0 aliphatic carbocycles. The number of aromatic nitrogens is 2. The lowest BCUT2D eigenvalue weighted by atomic mass is 9.96. The van der Waals surface area contributed by atoms with E-state index in [1.54, 1.807) is 11.1 Å². The number of H-pyrrole nitrogens is 1. The van der Waals surface area contributed by atoms with Crippen molar-refractivity contribution in [2.45, 2.75) is 45.7 Å².